The molecule has 0 bridgehead atoms. The van der Waals surface area contributed by atoms with Crippen LogP contribution < -0.4 is 5.32 Å². The lowest BCUT2D eigenvalue weighted by atomic mass is 9.88. The molecule has 1 saturated heterocycles. The van der Waals surface area contributed by atoms with E-state index in [1.807, 2.05) is 24.3 Å². The minimum Gasteiger partial charge on any atom is -0.356 e. The maximum absolute atomic E-state index is 13.7. The summed E-state index contributed by atoms with van der Waals surface area (Å²) in [4.78, 5) is 27.3. The van der Waals surface area contributed by atoms with Gasteiger partial charge < -0.3 is 10.2 Å². The summed E-state index contributed by atoms with van der Waals surface area (Å²) in [5, 5.41) is 2.97. The highest BCUT2D eigenvalue weighted by Crippen LogP contribution is 2.34. The summed E-state index contributed by atoms with van der Waals surface area (Å²) in [6, 6.07) is 15.4. The molecule has 1 heterocycles. The third kappa shape index (κ3) is 4.54. The first-order valence-electron chi connectivity index (χ1n) is 9.47. The van der Waals surface area contributed by atoms with Crippen LogP contribution in [0.25, 0.3) is 0 Å². The predicted molar refractivity (Wildman–Crippen MR) is 103 cm³/mol. The molecule has 0 unspecified atom stereocenters. The molecule has 27 heavy (non-hydrogen) atoms. The van der Waals surface area contributed by atoms with Crippen LogP contribution in [0.5, 0.6) is 0 Å². The molecule has 2 aromatic rings. The molecule has 1 aliphatic rings. The third-order valence-electron chi connectivity index (χ3n) is 5.07. The van der Waals surface area contributed by atoms with Crippen LogP contribution in [-0.4, -0.2) is 36.3 Å². The van der Waals surface area contributed by atoms with Crippen LogP contribution in [0.3, 0.4) is 0 Å². The number of hydrogen-bond acceptors (Lipinski definition) is 2. The molecule has 2 amide bonds. The number of benzene rings is 2. The van der Waals surface area contributed by atoms with Gasteiger partial charge in [0.05, 0.1) is 5.92 Å². The van der Waals surface area contributed by atoms with Gasteiger partial charge in [-0.25, -0.2) is 4.39 Å². The van der Waals surface area contributed by atoms with E-state index < -0.39 is 0 Å². The van der Waals surface area contributed by atoms with Crippen molar-refractivity contribution < 1.29 is 14.0 Å². The van der Waals surface area contributed by atoms with Crippen LogP contribution in [0, 0.1) is 11.7 Å². The number of hydrogen-bond donors (Lipinski definition) is 1. The van der Waals surface area contributed by atoms with E-state index in [-0.39, 0.29) is 29.5 Å². The second kappa shape index (κ2) is 8.80. The Morgan fingerprint density at radius 1 is 1.11 bits per heavy atom. The Kier molecular flexibility index (Phi) is 6.22. The second-order valence-corrected chi connectivity index (χ2v) is 6.99. The lowest BCUT2D eigenvalue weighted by Crippen LogP contribution is -2.36. The Bertz CT molecular complexity index is 794. The molecule has 1 N–H and O–H groups in total. The molecule has 0 radical (unpaired) electrons. The number of nitrogens with zero attached hydrogens (tertiary/aromatic N) is 1. The molecule has 0 saturated carbocycles. The summed E-state index contributed by atoms with van der Waals surface area (Å²) < 4.78 is 13.7. The third-order valence-corrected chi connectivity index (χ3v) is 5.07. The average Bonchev–Trinajstić information content (AvgIpc) is 3.14. The first kappa shape index (κ1) is 19.1. The van der Waals surface area contributed by atoms with E-state index in [0.29, 0.717) is 25.2 Å². The summed E-state index contributed by atoms with van der Waals surface area (Å²) in [5.41, 5.74) is 1.36. The second-order valence-electron chi connectivity index (χ2n) is 6.99. The lowest BCUT2D eigenvalue weighted by Gasteiger charge is -2.18. The van der Waals surface area contributed by atoms with Crippen LogP contribution in [0.1, 0.15) is 41.6 Å². The maximum Gasteiger partial charge on any atom is 0.253 e. The smallest absolute Gasteiger partial charge is 0.253 e. The van der Waals surface area contributed by atoms with Crippen LogP contribution in [-0.2, 0) is 4.79 Å². The van der Waals surface area contributed by atoms with Crippen molar-refractivity contribution in [2.24, 2.45) is 5.92 Å². The van der Waals surface area contributed by atoms with Crippen molar-refractivity contribution in [3.8, 4) is 0 Å². The number of unbranched alkanes of at least 4 members (excludes halogenated alkanes) is 1. The van der Waals surface area contributed by atoms with Crippen LogP contribution in [0.2, 0.25) is 0 Å². The lowest BCUT2D eigenvalue weighted by molar-refractivity contribution is -0.124. The topological polar surface area (TPSA) is 49.4 Å². The number of carbonyl (C=O) groups is 2. The highest BCUT2D eigenvalue weighted by atomic mass is 19.1. The normalized spacial score (nSPS) is 19.1. The van der Waals surface area contributed by atoms with E-state index in [1.54, 1.807) is 23.1 Å². The van der Waals surface area contributed by atoms with Gasteiger partial charge in [-0.15, -0.1) is 0 Å². The van der Waals surface area contributed by atoms with E-state index in [1.165, 1.54) is 12.1 Å². The molecule has 142 valence electrons. The fourth-order valence-electron chi connectivity index (χ4n) is 3.59. The van der Waals surface area contributed by atoms with Crippen molar-refractivity contribution in [3.63, 3.8) is 0 Å². The van der Waals surface area contributed by atoms with Gasteiger partial charge in [-0.05, 0) is 36.2 Å². The standard InChI is InChI=1S/C22H25FN2O2/c1-2-3-12-24-21(26)20-15-25(22(27)16-8-5-4-6-9-16)14-19(20)17-10-7-11-18(23)13-17/h4-11,13,19-20H,2-3,12,14-15H2,1H3,(H,24,26)/t19-,20-/m0/s1. The predicted octanol–water partition coefficient (Wildman–Crippen LogP) is 3.60. The average molecular weight is 368 g/mol. The molecule has 0 spiro atoms. The number of carbonyl (C=O) groups excluding carboxylic acids is 2. The molecule has 4 nitrogen and oxygen atoms in total. The Morgan fingerprint density at radius 3 is 2.59 bits per heavy atom. The van der Waals surface area contributed by atoms with Crippen LogP contribution in [0.15, 0.2) is 54.6 Å². The zero-order chi connectivity index (χ0) is 19.2. The zero-order valence-corrected chi connectivity index (χ0v) is 15.5. The maximum atomic E-state index is 13.7. The van der Waals surface area contributed by atoms with Crippen molar-refractivity contribution in [2.75, 3.05) is 19.6 Å². The Hall–Kier alpha value is -2.69. The highest BCUT2D eigenvalue weighted by Gasteiger charge is 2.40. The quantitative estimate of drug-likeness (QED) is 0.792. The molecule has 1 aliphatic heterocycles. The summed E-state index contributed by atoms with van der Waals surface area (Å²) in [6.07, 6.45) is 1.91. The van der Waals surface area contributed by atoms with E-state index in [0.717, 1.165) is 18.4 Å². The molecular formula is C22H25FN2O2. The first-order chi connectivity index (χ1) is 13.1. The van der Waals surface area contributed by atoms with E-state index in [2.05, 4.69) is 12.2 Å². The number of halogens is 1. The number of likely N-dealkylation sites (tertiary alicyclic amines) is 1. The number of rotatable bonds is 6. The molecule has 0 aromatic heterocycles. The van der Waals surface area contributed by atoms with Gasteiger partial charge in [-0.2, -0.15) is 0 Å². The molecule has 0 aliphatic carbocycles. The van der Waals surface area contributed by atoms with Gasteiger partial charge in [0.25, 0.3) is 5.91 Å². The largest absolute Gasteiger partial charge is 0.356 e. The molecule has 2 aromatic carbocycles. The van der Waals surface area contributed by atoms with Gasteiger partial charge in [0.1, 0.15) is 5.82 Å². The Labute approximate surface area is 159 Å². The monoisotopic (exact) mass is 368 g/mol. The van der Waals surface area contributed by atoms with E-state index in [4.69, 9.17) is 0 Å². The fourth-order valence-corrected chi connectivity index (χ4v) is 3.59. The van der Waals surface area contributed by atoms with Gasteiger partial charge in [-0.1, -0.05) is 43.7 Å². The van der Waals surface area contributed by atoms with Gasteiger partial charge in [0, 0.05) is 31.1 Å². The summed E-state index contributed by atoms with van der Waals surface area (Å²) in [6.45, 7) is 3.43. The minimum absolute atomic E-state index is 0.0685. The first-order valence-corrected chi connectivity index (χ1v) is 9.47. The molecule has 2 atom stereocenters. The van der Waals surface area contributed by atoms with Crippen molar-refractivity contribution in [2.45, 2.75) is 25.7 Å². The fraction of sp³-hybridized carbons (Fsp3) is 0.364. The summed E-state index contributed by atoms with van der Waals surface area (Å²) in [7, 11) is 0. The van der Waals surface area contributed by atoms with E-state index in [9.17, 15) is 14.0 Å². The van der Waals surface area contributed by atoms with Crippen molar-refractivity contribution in [1.29, 1.82) is 0 Å². The Morgan fingerprint density at radius 2 is 1.89 bits per heavy atom. The van der Waals surface area contributed by atoms with Crippen molar-refractivity contribution in [1.82, 2.24) is 10.2 Å². The van der Waals surface area contributed by atoms with Crippen molar-refractivity contribution in [3.05, 3.63) is 71.5 Å². The van der Waals surface area contributed by atoms with Gasteiger partial charge in [0.2, 0.25) is 5.91 Å². The number of nitrogens with one attached hydrogen (secondary N) is 1. The summed E-state index contributed by atoms with van der Waals surface area (Å²) in [5.74, 6) is -1.08. The van der Waals surface area contributed by atoms with Crippen LogP contribution >= 0.6 is 0 Å². The number of amides is 2. The van der Waals surface area contributed by atoms with Crippen LogP contribution in [0.4, 0.5) is 4.39 Å². The van der Waals surface area contributed by atoms with Gasteiger partial charge >= 0.3 is 0 Å². The molecule has 1 fully saturated rings. The molecular weight excluding hydrogens is 343 g/mol. The molecule has 5 heteroatoms. The van der Waals surface area contributed by atoms with Gasteiger partial charge in [0.15, 0.2) is 0 Å². The minimum atomic E-state index is -0.378. The summed E-state index contributed by atoms with van der Waals surface area (Å²) >= 11 is 0. The Balaban J connectivity index is 1.82. The molecule has 3 rings (SSSR count). The zero-order valence-electron chi connectivity index (χ0n) is 15.5. The van der Waals surface area contributed by atoms with E-state index >= 15 is 0 Å². The van der Waals surface area contributed by atoms with Gasteiger partial charge in [-0.3, -0.25) is 9.59 Å². The SMILES string of the molecule is CCCCNC(=O)[C@H]1CN(C(=O)c2ccccc2)C[C@H]1c1cccc(F)c1. The highest BCUT2D eigenvalue weighted by molar-refractivity contribution is 5.95. The van der Waals surface area contributed by atoms with Crippen molar-refractivity contribution >= 4 is 11.8 Å².